The quantitative estimate of drug-likeness (QED) is 0.691. The molecule has 0 atom stereocenters. The van der Waals surface area contributed by atoms with Gasteiger partial charge in [-0.2, -0.15) is 0 Å². The van der Waals surface area contributed by atoms with E-state index in [1.807, 2.05) is 0 Å². The molecule has 0 aromatic heterocycles. The fourth-order valence-electron chi connectivity index (χ4n) is 1.45. The molecule has 1 aromatic rings. The fourth-order valence-corrected chi connectivity index (χ4v) is 1.45. The smallest absolute Gasteiger partial charge is 0.190 e. The lowest BCUT2D eigenvalue weighted by Crippen LogP contribution is -2.20. The molecule has 0 unspecified atom stereocenters. The lowest BCUT2D eigenvalue weighted by Gasteiger charge is -2.08. The van der Waals surface area contributed by atoms with E-state index in [1.54, 1.807) is 7.11 Å². The lowest BCUT2D eigenvalue weighted by molar-refractivity contribution is 0.199. The van der Waals surface area contributed by atoms with Crippen LogP contribution in [0.5, 0.6) is 5.75 Å². The summed E-state index contributed by atoms with van der Waals surface area (Å²) in [7, 11) is 1.65. The summed E-state index contributed by atoms with van der Waals surface area (Å²) in [6.07, 6.45) is 1.63. The van der Waals surface area contributed by atoms with Crippen molar-refractivity contribution in [2.24, 2.45) is 0 Å². The minimum Gasteiger partial charge on any atom is -0.488 e. The van der Waals surface area contributed by atoms with Gasteiger partial charge >= 0.3 is 0 Å². The topological polar surface area (TPSA) is 30.5 Å². The van der Waals surface area contributed by atoms with Crippen molar-refractivity contribution < 1.29 is 18.3 Å². The molecule has 0 heterocycles. The molecule has 1 rings (SSSR count). The SMILES string of the molecule is COCCNCCCCOc1c(F)cccc1F. The average molecular weight is 259 g/mol. The summed E-state index contributed by atoms with van der Waals surface area (Å²) in [6, 6.07) is 3.69. The molecule has 0 spiro atoms. The molecule has 0 amide bonds. The lowest BCUT2D eigenvalue weighted by atomic mass is 10.3. The Morgan fingerprint density at radius 1 is 1.06 bits per heavy atom. The van der Waals surface area contributed by atoms with E-state index in [2.05, 4.69) is 5.32 Å². The third-order valence-electron chi connectivity index (χ3n) is 2.40. The summed E-state index contributed by atoms with van der Waals surface area (Å²) in [4.78, 5) is 0. The van der Waals surface area contributed by atoms with Crippen molar-refractivity contribution in [1.29, 1.82) is 0 Å². The molecule has 0 radical (unpaired) electrons. The molecule has 0 aliphatic rings. The van der Waals surface area contributed by atoms with Gasteiger partial charge in [0.05, 0.1) is 13.2 Å². The Labute approximate surface area is 106 Å². The van der Waals surface area contributed by atoms with Crippen molar-refractivity contribution in [3.8, 4) is 5.75 Å². The number of hydrogen-bond acceptors (Lipinski definition) is 3. The van der Waals surface area contributed by atoms with Crippen molar-refractivity contribution in [2.45, 2.75) is 12.8 Å². The summed E-state index contributed by atoms with van der Waals surface area (Å²) in [5.41, 5.74) is 0. The van der Waals surface area contributed by atoms with E-state index in [-0.39, 0.29) is 5.75 Å². The monoisotopic (exact) mass is 259 g/mol. The van der Waals surface area contributed by atoms with Crippen LogP contribution in [-0.4, -0.2) is 33.4 Å². The number of para-hydroxylation sites is 1. The number of ether oxygens (including phenoxy) is 2. The molecule has 0 fully saturated rings. The Hall–Kier alpha value is -1.20. The molecule has 0 aliphatic heterocycles. The predicted octanol–water partition coefficient (Wildman–Crippen LogP) is 2.36. The van der Waals surface area contributed by atoms with Crippen molar-refractivity contribution in [3.63, 3.8) is 0 Å². The van der Waals surface area contributed by atoms with Gasteiger partial charge in [-0.15, -0.1) is 0 Å². The highest BCUT2D eigenvalue weighted by atomic mass is 19.1. The zero-order valence-corrected chi connectivity index (χ0v) is 10.5. The standard InChI is InChI=1S/C13H19F2NO2/c1-17-10-8-16-7-2-3-9-18-13-11(14)5-4-6-12(13)15/h4-6,16H,2-3,7-10H2,1H3. The first kappa shape index (κ1) is 14.9. The van der Waals surface area contributed by atoms with Crippen LogP contribution in [0.3, 0.4) is 0 Å². The van der Waals surface area contributed by atoms with E-state index in [9.17, 15) is 8.78 Å². The maximum absolute atomic E-state index is 13.2. The molecule has 0 bridgehead atoms. The Morgan fingerprint density at radius 2 is 1.78 bits per heavy atom. The molecule has 3 nitrogen and oxygen atoms in total. The number of unbranched alkanes of at least 4 members (excludes halogenated alkanes) is 1. The van der Waals surface area contributed by atoms with Gasteiger partial charge in [-0.25, -0.2) is 8.78 Å². The maximum atomic E-state index is 13.2. The molecular weight excluding hydrogens is 240 g/mol. The fraction of sp³-hybridized carbons (Fsp3) is 0.538. The summed E-state index contributed by atoms with van der Waals surface area (Å²) in [6.45, 7) is 2.63. The molecule has 1 N–H and O–H groups in total. The molecule has 102 valence electrons. The Balaban J connectivity index is 2.11. The van der Waals surface area contributed by atoms with E-state index in [0.717, 1.165) is 25.9 Å². The van der Waals surface area contributed by atoms with E-state index in [1.165, 1.54) is 18.2 Å². The summed E-state index contributed by atoms with van der Waals surface area (Å²) < 4.78 is 36.3. The van der Waals surface area contributed by atoms with Gasteiger partial charge in [-0.05, 0) is 31.5 Å². The molecule has 5 heteroatoms. The third-order valence-corrected chi connectivity index (χ3v) is 2.40. The minimum atomic E-state index is -0.659. The second-order valence-corrected chi connectivity index (χ2v) is 3.85. The molecule has 0 saturated carbocycles. The van der Waals surface area contributed by atoms with E-state index in [0.29, 0.717) is 13.2 Å². The predicted molar refractivity (Wildman–Crippen MR) is 65.8 cm³/mol. The van der Waals surface area contributed by atoms with Crippen LogP contribution in [0.25, 0.3) is 0 Å². The summed E-state index contributed by atoms with van der Waals surface area (Å²) in [5.74, 6) is -1.61. The molecule has 0 saturated heterocycles. The second-order valence-electron chi connectivity index (χ2n) is 3.85. The van der Waals surface area contributed by atoms with Gasteiger partial charge in [0.1, 0.15) is 0 Å². The highest BCUT2D eigenvalue weighted by Gasteiger charge is 2.08. The summed E-state index contributed by atoms with van der Waals surface area (Å²) >= 11 is 0. The van der Waals surface area contributed by atoms with Crippen LogP contribution in [0.1, 0.15) is 12.8 Å². The van der Waals surface area contributed by atoms with Gasteiger partial charge in [-0.3, -0.25) is 0 Å². The van der Waals surface area contributed by atoms with Gasteiger partial charge in [0.15, 0.2) is 17.4 Å². The zero-order valence-electron chi connectivity index (χ0n) is 10.5. The van der Waals surface area contributed by atoms with E-state index >= 15 is 0 Å². The van der Waals surface area contributed by atoms with Gasteiger partial charge < -0.3 is 14.8 Å². The number of nitrogens with one attached hydrogen (secondary N) is 1. The first-order valence-corrected chi connectivity index (χ1v) is 6.02. The largest absolute Gasteiger partial charge is 0.488 e. The van der Waals surface area contributed by atoms with Gasteiger partial charge in [0.25, 0.3) is 0 Å². The first-order valence-electron chi connectivity index (χ1n) is 6.02. The number of rotatable bonds is 9. The number of halogens is 2. The molecular formula is C13H19F2NO2. The average Bonchev–Trinajstić information content (AvgIpc) is 2.35. The maximum Gasteiger partial charge on any atom is 0.190 e. The Morgan fingerprint density at radius 3 is 2.44 bits per heavy atom. The van der Waals surface area contributed by atoms with Crippen LogP contribution < -0.4 is 10.1 Å². The molecule has 1 aromatic carbocycles. The normalized spacial score (nSPS) is 10.6. The van der Waals surface area contributed by atoms with Crippen LogP contribution in [0.15, 0.2) is 18.2 Å². The van der Waals surface area contributed by atoms with Crippen molar-refractivity contribution in [3.05, 3.63) is 29.8 Å². The van der Waals surface area contributed by atoms with Crippen molar-refractivity contribution >= 4 is 0 Å². The molecule has 0 aliphatic carbocycles. The van der Waals surface area contributed by atoms with Gasteiger partial charge in [-0.1, -0.05) is 6.07 Å². The molecule has 18 heavy (non-hydrogen) atoms. The van der Waals surface area contributed by atoms with Crippen molar-refractivity contribution in [2.75, 3.05) is 33.4 Å². The Bertz CT molecular complexity index is 328. The van der Waals surface area contributed by atoms with Crippen LogP contribution in [0.4, 0.5) is 8.78 Å². The Kier molecular flexibility index (Phi) is 7.29. The zero-order chi connectivity index (χ0) is 13.2. The van der Waals surface area contributed by atoms with E-state index in [4.69, 9.17) is 9.47 Å². The first-order chi connectivity index (χ1) is 8.75. The van der Waals surface area contributed by atoms with Crippen LogP contribution in [0.2, 0.25) is 0 Å². The minimum absolute atomic E-state index is 0.287. The summed E-state index contributed by atoms with van der Waals surface area (Å²) in [5, 5.41) is 3.18. The van der Waals surface area contributed by atoms with E-state index < -0.39 is 11.6 Å². The van der Waals surface area contributed by atoms with Crippen LogP contribution in [-0.2, 0) is 4.74 Å². The number of methoxy groups -OCH3 is 1. The third kappa shape index (κ3) is 5.42. The highest BCUT2D eigenvalue weighted by Crippen LogP contribution is 2.20. The van der Waals surface area contributed by atoms with Crippen LogP contribution in [0, 0.1) is 11.6 Å². The number of hydrogen-bond donors (Lipinski definition) is 1. The highest BCUT2D eigenvalue weighted by molar-refractivity contribution is 5.25. The van der Waals surface area contributed by atoms with Gasteiger partial charge in [0, 0.05) is 13.7 Å². The number of benzene rings is 1. The van der Waals surface area contributed by atoms with Crippen molar-refractivity contribution in [1.82, 2.24) is 5.32 Å². The van der Waals surface area contributed by atoms with Crippen LogP contribution >= 0.6 is 0 Å². The second kappa shape index (κ2) is 8.83. The van der Waals surface area contributed by atoms with Gasteiger partial charge in [0.2, 0.25) is 0 Å².